The van der Waals surface area contributed by atoms with Crippen molar-refractivity contribution in [1.82, 2.24) is 14.3 Å². The number of nitrogens with one attached hydrogen (secondary N) is 1. The van der Waals surface area contributed by atoms with Gasteiger partial charge in [-0.15, -0.1) is 0 Å². The molecule has 1 N–H and O–H groups in total. The maximum Gasteiger partial charge on any atom is 0.240 e. The summed E-state index contributed by atoms with van der Waals surface area (Å²) in [5, 5.41) is 1.46. The number of imidazole rings is 1. The van der Waals surface area contributed by atoms with Crippen LogP contribution in [0.2, 0.25) is 5.02 Å². The molecule has 4 aromatic rings. The molecule has 0 radical (unpaired) electrons. The fourth-order valence-electron chi connectivity index (χ4n) is 3.80. The summed E-state index contributed by atoms with van der Waals surface area (Å²) in [6.07, 6.45) is 1.66. The van der Waals surface area contributed by atoms with Gasteiger partial charge in [-0.25, -0.2) is 18.1 Å². The van der Waals surface area contributed by atoms with Gasteiger partial charge >= 0.3 is 0 Å². The minimum Gasteiger partial charge on any atom is -0.318 e. The Morgan fingerprint density at radius 2 is 1.54 bits per heavy atom. The first-order valence-corrected chi connectivity index (χ1v) is 14.4. The summed E-state index contributed by atoms with van der Waals surface area (Å²) in [6, 6.07) is 26.8. The Kier molecular flexibility index (Phi) is 8.68. The van der Waals surface area contributed by atoms with E-state index in [1.165, 1.54) is 12.1 Å². The van der Waals surface area contributed by atoms with E-state index in [0.717, 1.165) is 46.4 Å². The van der Waals surface area contributed by atoms with Gasteiger partial charge in [-0.1, -0.05) is 91.0 Å². The first-order chi connectivity index (χ1) is 17.0. The van der Waals surface area contributed by atoms with Crippen molar-refractivity contribution in [3.63, 3.8) is 0 Å². The van der Waals surface area contributed by atoms with Gasteiger partial charge in [-0.3, -0.25) is 0 Å². The third-order valence-electron chi connectivity index (χ3n) is 5.44. The van der Waals surface area contributed by atoms with E-state index >= 15 is 0 Å². The molecule has 0 unspecified atom stereocenters. The molecule has 5 nitrogen and oxygen atoms in total. The Balaban J connectivity index is 1.50. The van der Waals surface area contributed by atoms with Crippen molar-refractivity contribution in [2.75, 3.05) is 12.3 Å². The predicted octanol–water partition coefficient (Wildman–Crippen LogP) is 6.74. The van der Waals surface area contributed by atoms with Crippen molar-refractivity contribution in [1.29, 1.82) is 0 Å². The lowest BCUT2D eigenvalue weighted by molar-refractivity contribution is 0.581. The molecule has 0 saturated carbocycles. The average Bonchev–Trinajstić information content (AvgIpc) is 3.23. The lowest BCUT2D eigenvalue weighted by Gasteiger charge is -2.12. The van der Waals surface area contributed by atoms with Crippen LogP contribution < -0.4 is 4.72 Å². The Morgan fingerprint density at radius 1 is 0.914 bits per heavy atom. The number of nitrogens with zero attached hydrogens (tertiary/aromatic N) is 2. The molecule has 4 rings (SSSR count). The number of rotatable bonds is 11. The number of benzene rings is 3. The highest BCUT2D eigenvalue weighted by molar-refractivity contribution is 7.99. The second kappa shape index (κ2) is 11.9. The quantitative estimate of drug-likeness (QED) is 0.174. The first-order valence-electron chi connectivity index (χ1n) is 11.6. The van der Waals surface area contributed by atoms with Gasteiger partial charge in [-0.2, -0.15) is 0 Å². The largest absolute Gasteiger partial charge is 0.318 e. The highest BCUT2D eigenvalue weighted by Crippen LogP contribution is 2.36. The van der Waals surface area contributed by atoms with Gasteiger partial charge < -0.3 is 4.57 Å². The molecule has 0 aliphatic carbocycles. The molecule has 0 bridgehead atoms. The third-order valence-corrected chi connectivity index (χ3v) is 8.23. The molecule has 0 aliphatic heterocycles. The fourth-order valence-corrected chi connectivity index (χ4v) is 5.96. The molecule has 0 fully saturated rings. The molecule has 1 aromatic heterocycles. The minimum absolute atomic E-state index is 0.216. The summed E-state index contributed by atoms with van der Waals surface area (Å²) in [5.41, 5.74) is 4.30. The molecule has 0 atom stereocenters. The van der Waals surface area contributed by atoms with Crippen molar-refractivity contribution in [3.05, 3.63) is 90.0 Å². The van der Waals surface area contributed by atoms with E-state index in [1.807, 2.05) is 36.4 Å². The minimum atomic E-state index is -3.55. The summed E-state index contributed by atoms with van der Waals surface area (Å²) in [7, 11) is -3.55. The SMILES string of the molecule is CCCn1c(SCCCNS(=O)(=O)c2ccc(Cl)cc2)nc(-c2ccccc2)c1-c1ccccc1. The van der Waals surface area contributed by atoms with Crippen molar-refractivity contribution in [3.8, 4) is 22.5 Å². The molecule has 0 aliphatic rings. The summed E-state index contributed by atoms with van der Waals surface area (Å²) < 4.78 is 30.0. The Labute approximate surface area is 216 Å². The van der Waals surface area contributed by atoms with Gasteiger partial charge in [0, 0.05) is 35.0 Å². The van der Waals surface area contributed by atoms with Crippen molar-refractivity contribution < 1.29 is 8.42 Å². The zero-order valence-electron chi connectivity index (χ0n) is 19.5. The van der Waals surface area contributed by atoms with E-state index in [4.69, 9.17) is 16.6 Å². The van der Waals surface area contributed by atoms with Crippen LogP contribution in [0.1, 0.15) is 19.8 Å². The summed E-state index contributed by atoms with van der Waals surface area (Å²) in [6.45, 7) is 3.37. The summed E-state index contributed by atoms with van der Waals surface area (Å²) in [4.78, 5) is 5.27. The van der Waals surface area contributed by atoms with Crippen LogP contribution in [-0.2, 0) is 16.6 Å². The molecular formula is C27H28ClN3O2S2. The van der Waals surface area contributed by atoms with Gasteiger partial charge in [0.05, 0.1) is 16.3 Å². The van der Waals surface area contributed by atoms with Crippen LogP contribution in [0.3, 0.4) is 0 Å². The van der Waals surface area contributed by atoms with E-state index in [0.29, 0.717) is 18.0 Å². The zero-order valence-corrected chi connectivity index (χ0v) is 21.9. The molecule has 0 amide bonds. The molecule has 182 valence electrons. The van der Waals surface area contributed by atoms with Crippen LogP contribution in [0.4, 0.5) is 0 Å². The molecule has 8 heteroatoms. The number of hydrogen-bond donors (Lipinski definition) is 1. The van der Waals surface area contributed by atoms with E-state index < -0.39 is 10.0 Å². The highest BCUT2D eigenvalue weighted by Gasteiger charge is 2.20. The van der Waals surface area contributed by atoms with Gasteiger partial charge in [0.1, 0.15) is 0 Å². The number of thioether (sulfide) groups is 1. The molecule has 1 heterocycles. The first kappa shape index (κ1) is 25.5. The average molecular weight is 526 g/mol. The van der Waals surface area contributed by atoms with Crippen LogP contribution >= 0.6 is 23.4 Å². The lowest BCUT2D eigenvalue weighted by Crippen LogP contribution is -2.25. The van der Waals surface area contributed by atoms with Crippen LogP contribution in [-0.4, -0.2) is 30.3 Å². The predicted molar refractivity (Wildman–Crippen MR) is 145 cm³/mol. The lowest BCUT2D eigenvalue weighted by atomic mass is 10.0. The standard InChI is InChI=1S/C27H28ClN3O2S2/c1-2-19-31-26(22-12-7-4-8-13-22)25(21-10-5-3-6-11-21)30-27(31)34-20-9-18-29-35(32,33)24-16-14-23(28)15-17-24/h3-8,10-17,29H,2,9,18-20H2,1H3. The monoisotopic (exact) mass is 525 g/mol. The number of hydrogen-bond acceptors (Lipinski definition) is 4. The second-order valence-electron chi connectivity index (χ2n) is 8.03. The van der Waals surface area contributed by atoms with Crippen molar-refractivity contribution in [2.45, 2.75) is 36.4 Å². The zero-order chi connectivity index (χ0) is 24.7. The Bertz CT molecular complexity index is 1340. The third kappa shape index (κ3) is 6.35. The van der Waals surface area contributed by atoms with Crippen molar-refractivity contribution >= 4 is 33.4 Å². The van der Waals surface area contributed by atoms with E-state index in [2.05, 4.69) is 40.5 Å². The smallest absolute Gasteiger partial charge is 0.240 e. The normalized spacial score (nSPS) is 11.6. The summed E-state index contributed by atoms with van der Waals surface area (Å²) >= 11 is 7.53. The summed E-state index contributed by atoms with van der Waals surface area (Å²) in [5.74, 6) is 0.742. The number of aromatic nitrogens is 2. The molecule has 3 aromatic carbocycles. The molecular weight excluding hydrogens is 498 g/mol. The van der Waals surface area contributed by atoms with E-state index in [-0.39, 0.29) is 4.90 Å². The topological polar surface area (TPSA) is 64.0 Å². The van der Waals surface area contributed by atoms with Gasteiger partial charge in [0.15, 0.2) is 5.16 Å². The Morgan fingerprint density at radius 3 is 2.17 bits per heavy atom. The fraction of sp³-hybridized carbons (Fsp3) is 0.222. The van der Waals surface area contributed by atoms with Crippen LogP contribution in [0.5, 0.6) is 0 Å². The van der Waals surface area contributed by atoms with Crippen LogP contribution in [0.25, 0.3) is 22.5 Å². The number of halogens is 1. The number of sulfonamides is 1. The second-order valence-corrected chi connectivity index (χ2v) is 11.3. The van der Waals surface area contributed by atoms with Gasteiger partial charge in [-0.05, 0) is 37.1 Å². The van der Waals surface area contributed by atoms with Crippen LogP contribution in [0.15, 0.2) is 95.0 Å². The molecule has 0 spiro atoms. The molecule has 35 heavy (non-hydrogen) atoms. The molecule has 0 saturated heterocycles. The van der Waals surface area contributed by atoms with Crippen molar-refractivity contribution in [2.24, 2.45) is 0 Å². The van der Waals surface area contributed by atoms with E-state index in [9.17, 15) is 8.42 Å². The maximum absolute atomic E-state index is 12.5. The van der Waals surface area contributed by atoms with Gasteiger partial charge in [0.25, 0.3) is 0 Å². The van der Waals surface area contributed by atoms with E-state index in [1.54, 1.807) is 23.9 Å². The highest BCUT2D eigenvalue weighted by atomic mass is 35.5. The van der Waals surface area contributed by atoms with Crippen LogP contribution in [0, 0.1) is 0 Å². The van der Waals surface area contributed by atoms with Gasteiger partial charge in [0.2, 0.25) is 10.0 Å². The Hall–Kier alpha value is -2.58. The maximum atomic E-state index is 12.5.